The van der Waals surface area contributed by atoms with Crippen molar-refractivity contribution in [1.29, 1.82) is 0 Å². The van der Waals surface area contributed by atoms with Gasteiger partial charge in [-0.25, -0.2) is 8.42 Å². The highest BCUT2D eigenvalue weighted by Crippen LogP contribution is 2.34. The van der Waals surface area contributed by atoms with Crippen LogP contribution in [0, 0.1) is 0 Å². The number of phenols is 1. The van der Waals surface area contributed by atoms with Crippen LogP contribution in [0.15, 0.2) is 34.9 Å². The minimum absolute atomic E-state index is 0.0714. The highest BCUT2D eigenvalue weighted by atomic mass is 35.5. The average Bonchev–Trinajstić information content (AvgIpc) is 2.89. The second-order valence-corrected chi connectivity index (χ2v) is 9.79. The maximum Gasteiger partial charge on any atom is 0.163 e. The van der Waals surface area contributed by atoms with Crippen molar-refractivity contribution in [3.8, 4) is 5.75 Å². The molecule has 0 amide bonds. The molecule has 3 N–H and O–H groups in total. The van der Waals surface area contributed by atoms with E-state index in [9.17, 15) is 23.7 Å². The van der Waals surface area contributed by atoms with Crippen molar-refractivity contribution in [2.24, 2.45) is 0 Å². The van der Waals surface area contributed by atoms with Gasteiger partial charge in [0.15, 0.2) is 9.84 Å². The number of phenolic OH excluding ortho intramolecular Hbond substituents is 1. The van der Waals surface area contributed by atoms with E-state index in [-0.39, 0.29) is 11.5 Å². The molecular weight excluding hydrogens is 400 g/mol. The molecule has 2 atom stereocenters. The number of benzene rings is 1. The van der Waals surface area contributed by atoms with E-state index < -0.39 is 27.8 Å². The van der Waals surface area contributed by atoms with Gasteiger partial charge in [0.2, 0.25) is 0 Å². The highest BCUT2D eigenvalue weighted by Gasteiger charge is 2.40. The van der Waals surface area contributed by atoms with E-state index in [1.165, 1.54) is 6.07 Å². The quantitative estimate of drug-likeness (QED) is 0.519. The van der Waals surface area contributed by atoms with Gasteiger partial charge in [0, 0.05) is 0 Å². The Balaban J connectivity index is 2.19. The third-order valence-corrected chi connectivity index (χ3v) is 7.53. The Kier molecular flexibility index (Phi) is 8.13. The fraction of sp³-hybridized carbons (Fsp3) is 0.524. The van der Waals surface area contributed by atoms with E-state index in [0.29, 0.717) is 29.9 Å². The molecule has 0 saturated carbocycles. The predicted molar refractivity (Wildman–Crippen MR) is 113 cm³/mol. The van der Waals surface area contributed by atoms with Crippen LogP contribution in [0.1, 0.15) is 51.5 Å². The first kappa shape index (κ1) is 22.9. The summed E-state index contributed by atoms with van der Waals surface area (Å²) in [4.78, 5) is 0. The molecule has 0 aliphatic carbocycles. The van der Waals surface area contributed by atoms with E-state index in [2.05, 4.69) is 0 Å². The predicted octanol–water partition coefficient (Wildman–Crippen LogP) is 3.87. The lowest BCUT2D eigenvalue weighted by atomic mass is 9.93. The molecule has 1 aliphatic heterocycles. The summed E-state index contributed by atoms with van der Waals surface area (Å²) in [6, 6.07) is 4.78. The monoisotopic (exact) mass is 428 g/mol. The summed E-state index contributed by atoms with van der Waals surface area (Å²) in [5, 5.41) is 29.3. The SMILES string of the molecule is CCCC1=C([C@H](O)CC/C(=C/c2ccc(O)cc2Cl)CC)[C@H](CO)S(=O)(=O)C1. The standard InChI is InChI=1S/C21H29ClO5S/c1-3-5-16-13-28(26,27)20(12-23)21(16)19(25)9-6-14(4-2)10-15-7-8-17(24)11-18(15)22/h7-8,10-11,19-20,23-25H,3-6,9,12-13H2,1-2H3/b14-10+/t19-,20+/m1/s1. The molecule has 0 radical (unpaired) electrons. The molecule has 1 aromatic carbocycles. The molecule has 0 unspecified atom stereocenters. The van der Waals surface area contributed by atoms with E-state index in [4.69, 9.17) is 11.6 Å². The number of sulfone groups is 1. The molecule has 1 aromatic rings. The summed E-state index contributed by atoms with van der Waals surface area (Å²) in [6.07, 6.45) is 4.15. The summed E-state index contributed by atoms with van der Waals surface area (Å²) in [5.41, 5.74) is 3.08. The lowest BCUT2D eigenvalue weighted by Crippen LogP contribution is -2.29. The van der Waals surface area contributed by atoms with Crippen LogP contribution in [-0.4, -0.2) is 47.5 Å². The largest absolute Gasteiger partial charge is 0.508 e. The van der Waals surface area contributed by atoms with Gasteiger partial charge in [-0.2, -0.15) is 0 Å². The zero-order chi connectivity index (χ0) is 20.9. The molecule has 0 saturated heterocycles. The van der Waals surface area contributed by atoms with Crippen LogP contribution in [0.5, 0.6) is 5.75 Å². The molecule has 0 spiro atoms. The third-order valence-electron chi connectivity index (χ3n) is 5.18. The second kappa shape index (κ2) is 9.92. The molecule has 1 heterocycles. The van der Waals surface area contributed by atoms with Crippen molar-refractivity contribution in [3.05, 3.63) is 45.5 Å². The Labute approximate surface area is 172 Å². The minimum Gasteiger partial charge on any atom is -0.508 e. The normalized spacial score (nSPS) is 20.6. The van der Waals surface area contributed by atoms with Crippen LogP contribution in [0.4, 0.5) is 0 Å². The Bertz CT molecular complexity index is 858. The Morgan fingerprint density at radius 3 is 2.64 bits per heavy atom. The molecule has 7 heteroatoms. The smallest absolute Gasteiger partial charge is 0.163 e. The van der Waals surface area contributed by atoms with Gasteiger partial charge in [-0.1, -0.05) is 49.1 Å². The van der Waals surface area contributed by atoms with Crippen LogP contribution >= 0.6 is 11.6 Å². The Morgan fingerprint density at radius 2 is 2.07 bits per heavy atom. The van der Waals surface area contributed by atoms with Gasteiger partial charge in [0.1, 0.15) is 11.0 Å². The molecule has 156 valence electrons. The lowest BCUT2D eigenvalue weighted by molar-refractivity contribution is 0.188. The van der Waals surface area contributed by atoms with Gasteiger partial charge < -0.3 is 15.3 Å². The zero-order valence-electron chi connectivity index (χ0n) is 16.4. The molecular formula is C21H29ClO5S. The molecule has 28 heavy (non-hydrogen) atoms. The topological polar surface area (TPSA) is 94.8 Å². The van der Waals surface area contributed by atoms with Crippen LogP contribution in [0.2, 0.25) is 5.02 Å². The minimum atomic E-state index is -3.44. The highest BCUT2D eigenvalue weighted by molar-refractivity contribution is 7.92. The van der Waals surface area contributed by atoms with E-state index in [1.807, 2.05) is 19.9 Å². The average molecular weight is 429 g/mol. The number of rotatable bonds is 9. The van der Waals surface area contributed by atoms with Gasteiger partial charge in [-0.15, -0.1) is 0 Å². The summed E-state index contributed by atoms with van der Waals surface area (Å²) in [6.45, 7) is 3.47. The van der Waals surface area contributed by atoms with Crippen LogP contribution in [-0.2, 0) is 9.84 Å². The van der Waals surface area contributed by atoms with Crippen molar-refractivity contribution in [1.82, 2.24) is 0 Å². The number of aliphatic hydroxyl groups is 2. The summed E-state index contributed by atoms with van der Waals surface area (Å²) < 4.78 is 24.7. The van der Waals surface area contributed by atoms with Crippen molar-refractivity contribution < 1.29 is 23.7 Å². The maximum absolute atomic E-state index is 12.3. The Morgan fingerprint density at radius 1 is 1.36 bits per heavy atom. The van der Waals surface area contributed by atoms with Crippen LogP contribution in [0.3, 0.4) is 0 Å². The molecule has 0 fully saturated rings. The number of hydrogen-bond donors (Lipinski definition) is 3. The maximum atomic E-state index is 12.3. The van der Waals surface area contributed by atoms with Gasteiger partial charge in [0.25, 0.3) is 0 Å². The second-order valence-electron chi connectivity index (χ2n) is 7.20. The van der Waals surface area contributed by atoms with E-state index in [0.717, 1.165) is 29.6 Å². The van der Waals surface area contributed by atoms with Crippen LogP contribution < -0.4 is 0 Å². The summed E-state index contributed by atoms with van der Waals surface area (Å²) in [5.74, 6) is 0.0291. The van der Waals surface area contributed by atoms with Gasteiger partial charge in [0.05, 0.1) is 23.5 Å². The fourth-order valence-electron chi connectivity index (χ4n) is 3.71. The molecule has 2 rings (SSSR count). The van der Waals surface area contributed by atoms with E-state index in [1.54, 1.807) is 12.1 Å². The van der Waals surface area contributed by atoms with Gasteiger partial charge in [-0.05, 0) is 55.0 Å². The van der Waals surface area contributed by atoms with Crippen molar-refractivity contribution in [2.75, 3.05) is 12.4 Å². The first-order valence-corrected chi connectivity index (χ1v) is 11.7. The zero-order valence-corrected chi connectivity index (χ0v) is 17.9. The summed E-state index contributed by atoms with van der Waals surface area (Å²) in [7, 11) is -3.44. The van der Waals surface area contributed by atoms with Crippen molar-refractivity contribution >= 4 is 27.5 Å². The molecule has 1 aliphatic rings. The number of hydrogen-bond acceptors (Lipinski definition) is 5. The fourth-order valence-corrected chi connectivity index (χ4v) is 5.87. The van der Waals surface area contributed by atoms with Crippen LogP contribution in [0.25, 0.3) is 6.08 Å². The number of halogens is 1. The number of aromatic hydroxyl groups is 1. The van der Waals surface area contributed by atoms with E-state index >= 15 is 0 Å². The van der Waals surface area contributed by atoms with Gasteiger partial charge >= 0.3 is 0 Å². The first-order valence-electron chi connectivity index (χ1n) is 9.63. The lowest BCUT2D eigenvalue weighted by Gasteiger charge is -2.19. The Hall–Kier alpha value is -1.34. The molecule has 5 nitrogen and oxygen atoms in total. The molecule has 0 aromatic heterocycles. The third kappa shape index (κ3) is 5.38. The summed E-state index contributed by atoms with van der Waals surface area (Å²) >= 11 is 6.16. The number of aliphatic hydroxyl groups excluding tert-OH is 2. The van der Waals surface area contributed by atoms with Crippen molar-refractivity contribution in [3.63, 3.8) is 0 Å². The van der Waals surface area contributed by atoms with Gasteiger partial charge in [-0.3, -0.25) is 0 Å². The van der Waals surface area contributed by atoms with Crippen molar-refractivity contribution in [2.45, 2.75) is 57.3 Å². The first-order chi connectivity index (χ1) is 13.2. The number of allylic oxidation sites excluding steroid dienone is 1. The molecule has 0 bridgehead atoms.